The molecule has 4 heteroatoms. The van der Waals surface area contributed by atoms with E-state index in [1.165, 1.54) is 0 Å². The molecule has 0 aromatic heterocycles. The molecule has 1 unspecified atom stereocenters. The fourth-order valence-corrected chi connectivity index (χ4v) is 1.72. The van der Waals surface area contributed by atoms with E-state index in [4.69, 9.17) is 11.5 Å². The quantitative estimate of drug-likeness (QED) is 0.662. The summed E-state index contributed by atoms with van der Waals surface area (Å²) >= 11 is 0. The highest BCUT2D eigenvalue weighted by atomic mass is 16.1. The number of carbonyl (C=O) groups excluding carboxylic acids is 1. The van der Waals surface area contributed by atoms with E-state index < -0.39 is 0 Å². The molecule has 1 saturated heterocycles. The number of nitrogen functional groups attached to an aromatic ring is 1. The van der Waals surface area contributed by atoms with Gasteiger partial charge in [-0.2, -0.15) is 0 Å². The van der Waals surface area contributed by atoms with E-state index in [1.54, 1.807) is 0 Å². The average Bonchev–Trinajstić information content (AvgIpc) is 2.05. The second-order valence-corrected chi connectivity index (χ2v) is 3.46. The Balaban J connectivity index is 2.24. The van der Waals surface area contributed by atoms with Crippen molar-refractivity contribution in [3.05, 3.63) is 24.3 Å². The van der Waals surface area contributed by atoms with Crippen LogP contribution in [-0.2, 0) is 4.79 Å². The molecule has 0 spiro atoms. The minimum Gasteiger partial charge on any atom is -0.397 e. The highest BCUT2D eigenvalue weighted by molar-refractivity contribution is 5.87. The molecule has 4 N–H and O–H groups in total. The van der Waals surface area contributed by atoms with Crippen LogP contribution in [0.5, 0.6) is 0 Å². The molecular weight excluding hydrogens is 178 g/mol. The van der Waals surface area contributed by atoms with E-state index >= 15 is 0 Å². The van der Waals surface area contributed by atoms with Crippen molar-refractivity contribution in [2.45, 2.75) is 12.5 Å². The normalized spacial score (nSPS) is 20.3. The first kappa shape index (κ1) is 8.87. The molecule has 4 nitrogen and oxygen atoms in total. The average molecular weight is 191 g/mol. The van der Waals surface area contributed by atoms with Crippen molar-refractivity contribution in [3.8, 4) is 0 Å². The van der Waals surface area contributed by atoms with Gasteiger partial charge in [-0.3, -0.25) is 4.79 Å². The van der Waals surface area contributed by atoms with Crippen molar-refractivity contribution in [3.63, 3.8) is 0 Å². The number of hydrogen-bond donors (Lipinski definition) is 2. The summed E-state index contributed by atoms with van der Waals surface area (Å²) in [6, 6.07) is 7.33. The lowest BCUT2D eigenvalue weighted by Gasteiger charge is -2.41. The zero-order valence-corrected chi connectivity index (χ0v) is 7.81. The summed E-state index contributed by atoms with van der Waals surface area (Å²) in [4.78, 5) is 13.0. The molecule has 1 aliphatic rings. The Morgan fingerprint density at radius 2 is 2.14 bits per heavy atom. The molecule has 74 valence electrons. The van der Waals surface area contributed by atoms with Crippen LogP contribution in [0.1, 0.15) is 6.42 Å². The number of primary amides is 1. The third-order valence-corrected chi connectivity index (χ3v) is 2.59. The van der Waals surface area contributed by atoms with Gasteiger partial charge in [0.15, 0.2) is 0 Å². The number of nitrogens with zero attached hydrogens (tertiary/aromatic N) is 1. The number of anilines is 2. The maximum absolute atomic E-state index is 11.0. The predicted molar refractivity (Wildman–Crippen MR) is 55.8 cm³/mol. The minimum atomic E-state index is -0.278. The lowest BCUT2D eigenvalue weighted by atomic mass is 10.0. The first-order valence-electron chi connectivity index (χ1n) is 4.60. The van der Waals surface area contributed by atoms with Crippen molar-refractivity contribution in [1.29, 1.82) is 0 Å². The van der Waals surface area contributed by atoms with Crippen LogP contribution in [0.3, 0.4) is 0 Å². The van der Waals surface area contributed by atoms with Crippen LogP contribution < -0.4 is 16.4 Å². The fraction of sp³-hybridized carbons (Fsp3) is 0.300. The lowest BCUT2D eigenvalue weighted by Crippen LogP contribution is -2.55. The summed E-state index contributed by atoms with van der Waals surface area (Å²) in [7, 11) is 0. The zero-order valence-electron chi connectivity index (χ0n) is 7.81. The van der Waals surface area contributed by atoms with Gasteiger partial charge in [-0.25, -0.2) is 0 Å². The fourth-order valence-electron chi connectivity index (χ4n) is 1.72. The molecule has 14 heavy (non-hydrogen) atoms. The van der Waals surface area contributed by atoms with Gasteiger partial charge < -0.3 is 16.4 Å². The summed E-state index contributed by atoms with van der Waals surface area (Å²) in [5.74, 6) is -0.278. The number of nitrogens with two attached hydrogens (primary N) is 2. The Hall–Kier alpha value is -1.71. The van der Waals surface area contributed by atoms with Gasteiger partial charge in [0, 0.05) is 6.54 Å². The number of hydrogen-bond acceptors (Lipinski definition) is 3. The molecule has 1 amide bonds. The molecular formula is C10H13N3O. The van der Waals surface area contributed by atoms with Crippen LogP contribution in [0.15, 0.2) is 24.3 Å². The largest absolute Gasteiger partial charge is 0.397 e. The Labute approximate surface area is 82.5 Å². The third-order valence-electron chi connectivity index (χ3n) is 2.59. The third kappa shape index (κ3) is 1.28. The number of rotatable bonds is 2. The molecule has 0 radical (unpaired) electrons. The van der Waals surface area contributed by atoms with Crippen LogP contribution in [-0.4, -0.2) is 18.5 Å². The van der Waals surface area contributed by atoms with Crippen LogP contribution in [0, 0.1) is 0 Å². The second-order valence-electron chi connectivity index (χ2n) is 3.46. The number of amides is 1. The molecule has 0 saturated carbocycles. The molecule has 0 aliphatic carbocycles. The Bertz CT molecular complexity index is 364. The first-order valence-corrected chi connectivity index (χ1v) is 4.60. The molecule has 2 rings (SSSR count). The van der Waals surface area contributed by atoms with Crippen LogP contribution in [0.2, 0.25) is 0 Å². The van der Waals surface area contributed by atoms with Gasteiger partial charge in [0.2, 0.25) is 5.91 Å². The number of benzene rings is 1. The summed E-state index contributed by atoms with van der Waals surface area (Å²) in [5, 5.41) is 0. The lowest BCUT2D eigenvalue weighted by molar-refractivity contribution is -0.120. The van der Waals surface area contributed by atoms with Crippen molar-refractivity contribution < 1.29 is 4.79 Å². The van der Waals surface area contributed by atoms with E-state index in [0.717, 1.165) is 18.7 Å². The van der Waals surface area contributed by atoms with E-state index in [0.29, 0.717) is 5.69 Å². The standard InChI is InChI=1S/C10H13N3O/c11-7-3-1-2-4-8(7)13-6-5-9(13)10(12)14/h1-4,9H,5-6,11H2,(H2,12,14). The van der Waals surface area contributed by atoms with E-state index in [9.17, 15) is 4.79 Å². The van der Waals surface area contributed by atoms with Crippen molar-refractivity contribution in [1.82, 2.24) is 0 Å². The summed E-state index contributed by atoms with van der Waals surface area (Å²) in [6.45, 7) is 0.849. The van der Waals surface area contributed by atoms with Gasteiger partial charge >= 0.3 is 0 Å². The Kier molecular flexibility index (Phi) is 2.04. The zero-order chi connectivity index (χ0) is 10.1. The molecule has 0 bridgehead atoms. The summed E-state index contributed by atoms with van der Waals surface area (Å²) in [6.07, 6.45) is 0.823. The molecule has 1 fully saturated rings. The van der Waals surface area contributed by atoms with Gasteiger partial charge in [-0.05, 0) is 18.6 Å². The highest BCUT2D eigenvalue weighted by Gasteiger charge is 2.33. The first-order chi connectivity index (χ1) is 6.70. The molecule has 1 aromatic rings. The Morgan fingerprint density at radius 1 is 1.43 bits per heavy atom. The van der Waals surface area contributed by atoms with Crippen LogP contribution >= 0.6 is 0 Å². The van der Waals surface area contributed by atoms with Crippen molar-refractivity contribution in [2.24, 2.45) is 5.73 Å². The smallest absolute Gasteiger partial charge is 0.240 e. The SMILES string of the molecule is NC(=O)C1CCN1c1ccccc1N. The van der Waals surface area contributed by atoms with Crippen molar-refractivity contribution >= 4 is 17.3 Å². The van der Waals surface area contributed by atoms with E-state index in [1.807, 2.05) is 29.2 Å². The Morgan fingerprint density at radius 3 is 2.64 bits per heavy atom. The van der Waals surface area contributed by atoms with Gasteiger partial charge in [-0.15, -0.1) is 0 Å². The van der Waals surface area contributed by atoms with Gasteiger partial charge in [0.1, 0.15) is 6.04 Å². The van der Waals surface area contributed by atoms with Gasteiger partial charge in [-0.1, -0.05) is 12.1 Å². The predicted octanol–water partition coefficient (Wildman–Crippen LogP) is 0.333. The van der Waals surface area contributed by atoms with E-state index in [2.05, 4.69) is 0 Å². The van der Waals surface area contributed by atoms with Crippen LogP contribution in [0.25, 0.3) is 0 Å². The minimum absolute atomic E-state index is 0.181. The maximum atomic E-state index is 11.0. The van der Waals surface area contributed by atoms with Crippen LogP contribution in [0.4, 0.5) is 11.4 Å². The van der Waals surface area contributed by atoms with Gasteiger partial charge in [0.25, 0.3) is 0 Å². The highest BCUT2D eigenvalue weighted by Crippen LogP contribution is 2.30. The molecule has 1 aliphatic heterocycles. The second kappa shape index (κ2) is 3.21. The maximum Gasteiger partial charge on any atom is 0.240 e. The number of para-hydroxylation sites is 2. The summed E-state index contributed by atoms with van der Waals surface area (Å²) < 4.78 is 0. The topological polar surface area (TPSA) is 72.4 Å². The van der Waals surface area contributed by atoms with Gasteiger partial charge in [0.05, 0.1) is 11.4 Å². The molecule has 1 atom stereocenters. The monoisotopic (exact) mass is 191 g/mol. The van der Waals surface area contributed by atoms with E-state index in [-0.39, 0.29) is 11.9 Å². The molecule has 1 heterocycles. The van der Waals surface area contributed by atoms with Crippen molar-refractivity contribution in [2.75, 3.05) is 17.2 Å². The summed E-state index contributed by atoms with van der Waals surface area (Å²) in [5.41, 5.74) is 12.7. The molecule has 1 aromatic carbocycles. The number of carbonyl (C=O) groups is 1.